The second kappa shape index (κ2) is 3.95. The van der Waals surface area contributed by atoms with Gasteiger partial charge in [-0.1, -0.05) is 0 Å². The van der Waals surface area contributed by atoms with E-state index >= 15 is 0 Å². The summed E-state index contributed by atoms with van der Waals surface area (Å²) in [4.78, 5) is 2.06. The molecule has 92 valence electrons. The first-order chi connectivity index (χ1) is 8.16. The Labute approximate surface area is 99.6 Å². The van der Waals surface area contributed by atoms with Crippen molar-refractivity contribution in [2.24, 2.45) is 0 Å². The Balaban J connectivity index is 2.01. The minimum atomic E-state index is -0.320. The van der Waals surface area contributed by atoms with Gasteiger partial charge in [-0.3, -0.25) is 0 Å². The second-order valence-electron chi connectivity index (χ2n) is 5.00. The fourth-order valence-corrected chi connectivity index (χ4v) is 3.01. The lowest BCUT2D eigenvalue weighted by molar-refractivity contribution is 0.473. The van der Waals surface area contributed by atoms with Crippen LogP contribution in [0.4, 0.5) is 14.5 Å². The van der Waals surface area contributed by atoms with Crippen molar-refractivity contribution < 1.29 is 8.78 Å². The molecule has 2 unspecified atom stereocenters. The highest BCUT2D eigenvalue weighted by Crippen LogP contribution is 2.34. The second-order valence-corrected chi connectivity index (χ2v) is 5.00. The molecule has 2 nitrogen and oxygen atoms in total. The first-order valence-corrected chi connectivity index (χ1v) is 6.11. The molecule has 2 heterocycles. The standard InChI is InChI=1S/C13H16F2N2/c1-8-4-12(15)13(5-11(8)14)17-9-2-3-10(17)7-16-6-9/h4-5,9-10,16H,2-3,6-7H2,1H3. The van der Waals surface area contributed by atoms with E-state index in [0.29, 0.717) is 23.3 Å². The molecule has 0 saturated carbocycles. The van der Waals surface area contributed by atoms with Gasteiger partial charge in [-0.2, -0.15) is 0 Å². The third kappa shape index (κ3) is 1.71. The van der Waals surface area contributed by atoms with Crippen LogP contribution in [0.15, 0.2) is 12.1 Å². The van der Waals surface area contributed by atoms with Crippen LogP contribution in [-0.2, 0) is 0 Å². The molecule has 0 spiro atoms. The maximum atomic E-state index is 14.0. The molecule has 2 atom stereocenters. The van der Waals surface area contributed by atoms with Gasteiger partial charge in [0.05, 0.1) is 5.69 Å². The van der Waals surface area contributed by atoms with Crippen molar-refractivity contribution in [3.63, 3.8) is 0 Å². The molecule has 4 heteroatoms. The number of hydrogen-bond donors (Lipinski definition) is 1. The Kier molecular flexibility index (Phi) is 2.54. The number of nitrogens with zero attached hydrogens (tertiary/aromatic N) is 1. The highest BCUT2D eigenvalue weighted by molar-refractivity contribution is 5.53. The zero-order valence-corrected chi connectivity index (χ0v) is 9.84. The summed E-state index contributed by atoms with van der Waals surface area (Å²) in [6.45, 7) is 3.32. The third-order valence-corrected chi connectivity index (χ3v) is 3.89. The van der Waals surface area contributed by atoms with E-state index in [1.165, 1.54) is 12.1 Å². The van der Waals surface area contributed by atoms with E-state index in [9.17, 15) is 8.78 Å². The molecule has 0 radical (unpaired) electrons. The summed E-state index contributed by atoms with van der Waals surface area (Å²) in [6, 6.07) is 3.27. The molecule has 1 aromatic rings. The number of rotatable bonds is 1. The SMILES string of the molecule is Cc1cc(F)c(N2C3CCC2CNC3)cc1F. The number of hydrogen-bond acceptors (Lipinski definition) is 2. The van der Waals surface area contributed by atoms with Crippen LogP contribution < -0.4 is 10.2 Å². The maximum absolute atomic E-state index is 14.0. The van der Waals surface area contributed by atoms with E-state index in [4.69, 9.17) is 0 Å². The summed E-state index contributed by atoms with van der Waals surface area (Å²) in [5, 5.41) is 3.33. The minimum absolute atomic E-state index is 0.303. The lowest BCUT2D eigenvalue weighted by Crippen LogP contribution is -2.52. The van der Waals surface area contributed by atoms with Crippen molar-refractivity contribution in [1.82, 2.24) is 5.32 Å². The molecule has 2 aliphatic heterocycles. The van der Waals surface area contributed by atoms with E-state index in [-0.39, 0.29) is 11.6 Å². The molecule has 2 fully saturated rings. The number of fused-ring (bicyclic) bond motifs is 2. The van der Waals surface area contributed by atoms with Gasteiger partial charge in [0.15, 0.2) is 0 Å². The molecule has 3 rings (SSSR count). The largest absolute Gasteiger partial charge is 0.361 e. The predicted octanol–water partition coefficient (Wildman–Crippen LogP) is 2.21. The van der Waals surface area contributed by atoms with Gasteiger partial charge in [0.25, 0.3) is 0 Å². The van der Waals surface area contributed by atoms with Gasteiger partial charge in [0.1, 0.15) is 11.6 Å². The fourth-order valence-electron chi connectivity index (χ4n) is 3.01. The van der Waals surface area contributed by atoms with E-state index in [1.807, 2.05) is 0 Å². The first-order valence-electron chi connectivity index (χ1n) is 6.11. The summed E-state index contributed by atoms with van der Waals surface area (Å²) in [5.74, 6) is -0.623. The highest BCUT2D eigenvalue weighted by Gasteiger charge is 2.37. The summed E-state index contributed by atoms with van der Waals surface area (Å²) < 4.78 is 27.5. The molecule has 2 bridgehead atoms. The number of halogens is 2. The van der Waals surface area contributed by atoms with Gasteiger partial charge in [0, 0.05) is 31.2 Å². The Bertz CT molecular complexity index is 431. The van der Waals surface area contributed by atoms with Crippen LogP contribution in [-0.4, -0.2) is 25.2 Å². The van der Waals surface area contributed by atoms with Crippen LogP contribution in [0.1, 0.15) is 18.4 Å². The lowest BCUT2D eigenvalue weighted by atomic mass is 10.1. The molecule has 2 saturated heterocycles. The number of aryl methyl sites for hydroxylation is 1. The normalized spacial score (nSPS) is 27.6. The fraction of sp³-hybridized carbons (Fsp3) is 0.538. The number of benzene rings is 1. The summed E-state index contributed by atoms with van der Waals surface area (Å²) in [6.07, 6.45) is 2.12. The Morgan fingerprint density at radius 1 is 1.12 bits per heavy atom. The van der Waals surface area contributed by atoms with Crippen molar-refractivity contribution in [3.8, 4) is 0 Å². The molecule has 1 N–H and O–H groups in total. The summed E-state index contributed by atoms with van der Waals surface area (Å²) >= 11 is 0. The van der Waals surface area contributed by atoms with Gasteiger partial charge in [-0.15, -0.1) is 0 Å². The average Bonchev–Trinajstić information content (AvgIpc) is 2.55. The van der Waals surface area contributed by atoms with Crippen molar-refractivity contribution in [1.29, 1.82) is 0 Å². The van der Waals surface area contributed by atoms with Gasteiger partial charge >= 0.3 is 0 Å². The summed E-state index contributed by atoms with van der Waals surface area (Å²) in [7, 11) is 0. The van der Waals surface area contributed by atoms with Gasteiger partial charge < -0.3 is 10.2 Å². The van der Waals surface area contributed by atoms with Gasteiger partial charge in [-0.25, -0.2) is 8.78 Å². The third-order valence-electron chi connectivity index (χ3n) is 3.89. The van der Waals surface area contributed by atoms with Crippen LogP contribution in [0.2, 0.25) is 0 Å². The topological polar surface area (TPSA) is 15.3 Å². The Morgan fingerprint density at radius 2 is 1.76 bits per heavy atom. The minimum Gasteiger partial charge on any atom is -0.361 e. The first kappa shape index (κ1) is 11.0. The van der Waals surface area contributed by atoms with Crippen molar-refractivity contribution >= 4 is 5.69 Å². The molecular weight excluding hydrogens is 222 g/mol. The Morgan fingerprint density at radius 3 is 2.41 bits per heavy atom. The van der Waals surface area contributed by atoms with E-state index < -0.39 is 0 Å². The highest BCUT2D eigenvalue weighted by atomic mass is 19.1. The van der Waals surface area contributed by atoms with Crippen LogP contribution in [0, 0.1) is 18.6 Å². The quantitative estimate of drug-likeness (QED) is 0.807. The van der Waals surface area contributed by atoms with Crippen LogP contribution in [0.3, 0.4) is 0 Å². The van der Waals surface area contributed by atoms with Gasteiger partial charge in [-0.05, 0) is 31.4 Å². The molecule has 0 aliphatic carbocycles. The molecule has 0 amide bonds. The molecule has 2 aliphatic rings. The van der Waals surface area contributed by atoms with E-state index in [1.54, 1.807) is 6.92 Å². The van der Waals surface area contributed by atoms with Crippen LogP contribution >= 0.6 is 0 Å². The molecule has 1 aromatic carbocycles. The van der Waals surface area contributed by atoms with Crippen LogP contribution in [0.25, 0.3) is 0 Å². The van der Waals surface area contributed by atoms with Crippen molar-refractivity contribution in [3.05, 3.63) is 29.3 Å². The Hall–Kier alpha value is -1.16. The van der Waals surface area contributed by atoms with Gasteiger partial charge in [0.2, 0.25) is 0 Å². The maximum Gasteiger partial charge on any atom is 0.146 e. The zero-order valence-electron chi connectivity index (χ0n) is 9.84. The number of nitrogens with one attached hydrogen (secondary N) is 1. The molecular formula is C13H16F2N2. The number of piperazine rings is 1. The summed E-state index contributed by atoms with van der Waals surface area (Å²) in [5.41, 5.74) is 0.802. The predicted molar refractivity (Wildman–Crippen MR) is 63.3 cm³/mol. The monoisotopic (exact) mass is 238 g/mol. The zero-order chi connectivity index (χ0) is 12.0. The smallest absolute Gasteiger partial charge is 0.146 e. The lowest BCUT2D eigenvalue weighted by Gasteiger charge is -2.37. The molecule has 0 aromatic heterocycles. The average molecular weight is 238 g/mol. The van der Waals surface area contributed by atoms with Crippen molar-refractivity contribution in [2.45, 2.75) is 31.8 Å². The molecule has 17 heavy (non-hydrogen) atoms. The number of anilines is 1. The van der Waals surface area contributed by atoms with E-state index in [0.717, 1.165) is 25.9 Å². The van der Waals surface area contributed by atoms with Crippen LogP contribution in [0.5, 0.6) is 0 Å². The van der Waals surface area contributed by atoms with Crippen molar-refractivity contribution in [2.75, 3.05) is 18.0 Å². The van der Waals surface area contributed by atoms with E-state index in [2.05, 4.69) is 10.2 Å².